The second kappa shape index (κ2) is 12.1. The molecule has 0 aliphatic heterocycles. The molecule has 1 heteroatoms. The largest absolute Gasteiger partial charge is 0.493 e. The van der Waals surface area contributed by atoms with E-state index in [2.05, 4.69) is 75.9 Å². The van der Waals surface area contributed by atoms with Crippen LogP contribution >= 0.6 is 0 Å². The first-order chi connectivity index (χ1) is 12.1. The van der Waals surface area contributed by atoms with Crippen molar-refractivity contribution in [3.8, 4) is 5.75 Å². The van der Waals surface area contributed by atoms with Gasteiger partial charge in [-0.1, -0.05) is 74.4 Å². The normalized spacial score (nSPS) is 10.2. The van der Waals surface area contributed by atoms with E-state index in [-0.39, 0.29) is 0 Å². The molecule has 0 N–H and O–H groups in total. The van der Waals surface area contributed by atoms with Gasteiger partial charge in [0.25, 0.3) is 0 Å². The summed E-state index contributed by atoms with van der Waals surface area (Å²) < 4.78 is 5.91. The summed E-state index contributed by atoms with van der Waals surface area (Å²) in [6.45, 7) is 12.6. The zero-order chi connectivity index (χ0) is 18.5. The average molecular weight is 337 g/mol. The summed E-state index contributed by atoms with van der Waals surface area (Å²) in [7, 11) is 0. The quantitative estimate of drug-likeness (QED) is 0.294. The number of unbranched alkanes of at least 4 members (excludes halogenated alkanes) is 2. The molecule has 1 nitrogen and oxygen atoms in total. The highest BCUT2D eigenvalue weighted by atomic mass is 16.5. The van der Waals surface area contributed by atoms with Crippen molar-refractivity contribution in [3.63, 3.8) is 0 Å². The van der Waals surface area contributed by atoms with Crippen LogP contribution in [0.3, 0.4) is 0 Å². The van der Waals surface area contributed by atoms with E-state index in [9.17, 15) is 0 Å². The van der Waals surface area contributed by atoms with Crippen LogP contribution in [-0.2, 0) is 0 Å². The van der Waals surface area contributed by atoms with Crippen LogP contribution in [0.2, 0.25) is 0 Å². The third-order valence-corrected chi connectivity index (χ3v) is 4.04. The van der Waals surface area contributed by atoms with Gasteiger partial charge in [-0.25, -0.2) is 0 Å². The Morgan fingerprint density at radius 2 is 1.60 bits per heavy atom. The van der Waals surface area contributed by atoms with Crippen LogP contribution < -0.4 is 4.74 Å². The highest BCUT2D eigenvalue weighted by molar-refractivity contribution is 5.72. The van der Waals surface area contributed by atoms with Crippen molar-refractivity contribution in [1.82, 2.24) is 0 Å². The van der Waals surface area contributed by atoms with Gasteiger partial charge in [0.05, 0.1) is 6.61 Å². The molecule has 0 radical (unpaired) electrons. The number of allylic oxidation sites excluding steroid dienone is 1. The Morgan fingerprint density at radius 3 is 2.24 bits per heavy atom. The van der Waals surface area contributed by atoms with E-state index in [1.54, 1.807) is 6.08 Å². The Bertz CT molecular complexity index is 653. The van der Waals surface area contributed by atoms with Crippen LogP contribution in [0, 0.1) is 13.8 Å². The Morgan fingerprint density at radius 1 is 0.920 bits per heavy atom. The van der Waals surface area contributed by atoms with Crippen LogP contribution in [0.1, 0.15) is 55.4 Å². The summed E-state index contributed by atoms with van der Waals surface area (Å²) in [5.74, 6) is 1.02. The Labute approximate surface area is 154 Å². The smallest absolute Gasteiger partial charge is 0.122 e. The number of hydrogen-bond acceptors (Lipinski definition) is 1. The van der Waals surface area contributed by atoms with Gasteiger partial charge in [-0.15, -0.1) is 6.58 Å². The van der Waals surface area contributed by atoms with Gasteiger partial charge < -0.3 is 4.74 Å². The van der Waals surface area contributed by atoms with Gasteiger partial charge in [0.2, 0.25) is 0 Å². The van der Waals surface area contributed by atoms with E-state index < -0.39 is 0 Å². The zero-order valence-corrected chi connectivity index (χ0v) is 16.2. The van der Waals surface area contributed by atoms with Gasteiger partial charge in [0.15, 0.2) is 0 Å². The van der Waals surface area contributed by atoms with Crippen molar-refractivity contribution >= 4 is 12.2 Å². The Hall–Kier alpha value is -2.28. The molecule has 0 fully saturated rings. The molecule has 2 rings (SSSR count). The molecule has 0 amide bonds. The molecule has 0 saturated carbocycles. The van der Waals surface area contributed by atoms with Crippen molar-refractivity contribution in [2.24, 2.45) is 0 Å². The highest BCUT2D eigenvalue weighted by Crippen LogP contribution is 2.26. The predicted octanol–water partition coefficient (Wildman–Crippen LogP) is 7.24. The van der Waals surface area contributed by atoms with Gasteiger partial charge in [0, 0.05) is 0 Å². The van der Waals surface area contributed by atoms with Crippen molar-refractivity contribution in [3.05, 3.63) is 77.4 Å². The molecular weight excluding hydrogens is 304 g/mol. The lowest BCUT2D eigenvalue weighted by Gasteiger charge is -2.13. The number of rotatable bonds is 7. The monoisotopic (exact) mass is 336 g/mol. The molecule has 0 unspecified atom stereocenters. The van der Waals surface area contributed by atoms with Gasteiger partial charge >= 0.3 is 0 Å². The molecular formula is C24H32O. The summed E-state index contributed by atoms with van der Waals surface area (Å²) in [4.78, 5) is 0. The maximum atomic E-state index is 5.91. The zero-order valence-electron chi connectivity index (χ0n) is 16.2. The van der Waals surface area contributed by atoms with Crippen LogP contribution in [0.15, 0.2) is 55.1 Å². The fraction of sp³-hybridized carbons (Fsp3) is 0.333. The molecule has 25 heavy (non-hydrogen) atoms. The number of hydrogen-bond donors (Lipinski definition) is 0. The number of benzene rings is 2. The van der Waals surface area contributed by atoms with Crippen molar-refractivity contribution in [1.29, 1.82) is 0 Å². The maximum Gasteiger partial charge on any atom is 0.122 e. The molecule has 0 atom stereocenters. The fourth-order valence-corrected chi connectivity index (χ4v) is 2.44. The maximum absolute atomic E-state index is 5.91. The molecule has 2 aromatic carbocycles. The van der Waals surface area contributed by atoms with Crippen LogP contribution in [-0.4, -0.2) is 6.61 Å². The predicted molar refractivity (Wildman–Crippen MR) is 112 cm³/mol. The molecule has 0 aliphatic rings. The van der Waals surface area contributed by atoms with Crippen molar-refractivity contribution in [2.45, 2.75) is 47.0 Å². The second-order valence-corrected chi connectivity index (χ2v) is 6.11. The molecule has 0 aliphatic carbocycles. The first kappa shape index (κ1) is 20.8. The summed E-state index contributed by atoms with van der Waals surface area (Å²) in [5, 5.41) is 0. The SMILES string of the molecule is C=CC.CCCCCOc1ccc(C=Cc2ccccc2)c(C)c1C. The van der Waals surface area contributed by atoms with Crippen molar-refractivity contribution < 1.29 is 4.74 Å². The van der Waals surface area contributed by atoms with E-state index >= 15 is 0 Å². The lowest BCUT2D eigenvalue weighted by atomic mass is 10.0. The third-order valence-electron chi connectivity index (χ3n) is 4.04. The molecule has 0 bridgehead atoms. The molecule has 134 valence electrons. The van der Waals surface area contributed by atoms with Crippen molar-refractivity contribution in [2.75, 3.05) is 6.61 Å². The fourth-order valence-electron chi connectivity index (χ4n) is 2.44. The van der Waals surface area contributed by atoms with E-state index in [0.29, 0.717) is 0 Å². The van der Waals surface area contributed by atoms with Gasteiger partial charge in [0.1, 0.15) is 5.75 Å². The summed E-state index contributed by atoms with van der Waals surface area (Å²) >= 11 is 0. The van der Waals surface area contributed by atoms with E-state index in [1.165, 1.54) is 35.1 Å². The Balaban J connectivity index is 0.000000970. The van der Waals surface area contributed by atoms with Gasteiger partial charge in [-0.05, 0) is 55.5 Å². The average Bonchev–Trinajstić information content (AvgIpc) is 2.63. The van der Waals surface area contributed by atoms with Crippen LogP contribution in [0.5, 0.6) is 5.75 Å². The van der Waals surface area contributed by atoms with E-state index in [1.807, 2.05) is 13.0 Å². The minimum absolute atomic E-state index is 0.813. The van der Waals surface area contributed by atoms with Crippen LogP contribution in [0.4, 0.5) is 0 Å². The van der Waals surface area contributed by atoms with E-state index in [0.717, 1.165) is 18.8 Å². The van der Waals surface area contributed by atoms with E-state index in [4.69, 9.17) is 4.74 Å². The minimum Gasteiger partial charge on any atom is -0.493 e. The molecule has 0 spiro atoms. The van der Waals surface area contributed by atoms with Gasteiger partial charge in [-0.2, -0.15) is 0 Å². The topological polar surface area (TPSA) is 9.23 Å². The number of ether oxygens (including phenoxy) is 1. The first-order valence-electron chi connectivity index (χ1n) is 9.17. The summed E-state index contributed by atoms with van der Waals surface area (Å²) in [5.41, 5.74) is 5.01. The third kappa shape index (κ3) is 7.43. The lowest BCUT2D eigenvalue weighted by molar-refractivity contribution is 0.304. The molecule has 0 saturated heterocycles. The summed E-state index contributed by atoms with van der Waals surface area (Å²) in [6, 6.07) is 14.6. The van der Waals surface area contributed by atoms with Crippen LogP contribution in [0.25, 0.3) is 12.2 Å². The first-order valence-corrected chi connectivity index (χ1v) is 9.17. The second-order valence-electron chi connectivity index (χ2n) is 6.11. The molecule has 0 aromatic heterocycles. The minimum atomic E-state index is 0.813. The molecule has 0 heterocycles. The highest BCUT2D eigenvalue weighted by Gasteiger charge is 2.05. The summed E-state index contributed by atoms with van der Waals surface area (Å²) in [6.07, 6.45) is 9.67. The standard InChI is InChI=1S/C21H26O.C3H6/c1-4-5-9-16-22-21-15-14-20(17(2)18(21)3)13-12-19-10-7-6-8-11-19;1-3-2/h6-8,10-15H,4-5,9,16H2,1-3H3;3H,1H2,2H3. The molecule has 2 aromatic rings. The van der Waals surface area contributed by atoms with Gasteiger partial charge in [-0.3, -0.25) is 0 Å². The Kier molecular flexibility index (Phi) is 10.1. The lowest BCUT2D eigenvalue weighted by Crippen LogP contribution is -2.00.